The topological polar surface area (TPSA) is 32.9 Å². The van der Waals surface area contributed by atoms with Gasteiger partial charge in [-0.1, -0.05) is 34.8 Å². The van der Waals surface area contributed by atoms with Crippen LogP contribution in [-0.2, 0) is 0 Å². The Morgan fingerprint density at radius 2 is 1.87 bits per heavy atom. The molecule has 2 rings (SSSR count). The number of fused-ring (bicyclic) bond motifs is 1. The normalized spacial score (nSPS) is 10.9. The number of aromatic amines is 1. The summed E-state index contributed by atoms with van der Waals surface area (Å²) in [7, 11) is 0. The summed E-state index contributed by atoms with van der Waals surface area (Å²) in [5, 5.41) is 1.40. The van der Waals surface area contributed by atoms with Gasteiger partial charge in [0.15, 0.2) is 0 Å². The molecular formula is C10H6Cl3NO. The van der Waals surface area contributed by atoms with E-state index in [4.69, 9.17) is 34.8 Å². The van der Waals surface area contributed by atoms with Gasteiger partial charge in [0.1, 0.15) is 5.02 Å². The molecule has 2 aromatic rings. The Morgan fingerprint density at radius 3 is 2.53 bits per heavy atom. The summed E-state index contributed by atoms with van der Waals surface area (Å²) in [6.07, 6.45) is 0. The van der Waals surface area contributed by atoms with Crippen molar-refractivity contribution in [2.45, 2.75) is 6.92 Å². The number of nitrogens with one attached hydrogen (secondary N) is 1. The number of rotatable bonds is 0. The first-order valence-corrected chi connectivity index (χ1v) is 5.31. The van der Waals surface area contributed by atoms with E-state index in [9.17, 15) is 4.79 Å². The molecule has 0 aliphatic carbocycles. The summed E-state index contributed by atoms with van der Waals surface area (Å²) < 4.78 is 0. The minimum atomic E-state index is -0.257. The Morgan fingerprint density at radius 1 is 1.20 bits per heavy atom. The van der Waals surface area contributed by atoms with E-state index in [-0.39, 0.29) is 10.5 Å². The number of aryl methyl sites for hydroxylation is 1. The third kappa shape index (κ3) is 1.73. The molecule has 0 saturated carbocycles. The molecule has 0 fully saturated rings. The van der Waals surface area contributed by atoms with E-state index in [0.717, 1.165) is 0 Å². The summed E-state index contributed by atoms with van der Waals surface area (Å²) in [4.78, 5) is 14.8. The molecule has 2 nitrogen and oxygen atoms in total. The average molecular weight is 263 g/mol. The van der Waals surface area contributed by atoms with Crippen LogP contribution in [0.25, 0.3) is 10.9 Å². The molecule has 5 heteroatoms. The number of halogens is 3. The predicted molar refractivity (Wildman–Crippen MR) is 64.3 cm³/mol. The van der Waals surface area contributed by atoms with Gasteiger partial charge >= 0.3 is 0 Å². The highest BCUT2D eigenvalue weighted by atomic mass is 35.5. The fourth-order valence-corrected chi connectivity index (χ4v) is 2.10. The third-order valence-electron chi connectivity index (χ3n) is 2.14. The molecule has 0 amide bonds. The fraction of sp³-hybridized carbons (Fsp3) is 0.100. The second-order valence-electron chi connectivity index (χ2n) is 3.20. The maximum absolute atomic E-state index is 11.8. The smallest absolute Gasteiger partial charge is 0.208 e. The molecule has 0 bridgehead atoms. The van der Waals surface area contributed by atoms with Gasteiger partial charge in [0, 0.05) is 10.7 Å². The fourth-order valence-electron chi connectivity index (χ4n) is 1.41. The van der Waals surface area contributed by atoms with E-state index in [2.05, 4.69) is 4.98 Å². The largest absolute Gasteiger partial charge is 0.356 e. The quantitative estimate of drug-likeness (QED) is 0.770. The molecule has 0 radical (unpaired) electrons. The molecule has 0 spiro atoms. The second-order valence-corrected chi connectivity index (χ2v) is 4.42. The molecule has 0 atom stereocenters. The van der Waals surface area contributed by atoms with Gasteiger partial charge < -0.3 is 4.98 Å². The van der Waals surface area contributed by atoms with E-state index < -0.39 is 0 Å². The first-order valence-electron chi connectivity index (χ1n) is 4.18. The summed E-state index contributed by atoms with van der Waals surface area (Å²) >= 11 is 17.6. The Balaban J connectivity index is 3.06. The Bertz CT molecular complexity index is 604. The first kappa shape index (κ1) is 10.8. The molecule has 0 unspecified atom stereocenters. The zero-order valence-electron chi connectivity index (χ0n) is 7.70. The molecule has 1 aromatic heterocycles. The second kappa shape index (κ2) is 3.71. The van der Waals surface area contributed by atoms with Crippen molar-refractivity contribution < 1.29 is 0 Å². The third-order valence-corrected chi connectivity index (χ3v) is 3.11. The maximum Gasteiger partial charge on any atom is 0.208 e. The van der Waals surface area contributed by atoms with Crippen LogP contribution in [0.15, 0.2) is 16.9 Å². The van der Waals surface area contributed by atoms with Gasteiger partial charge in [-0.25, -0.2) is 0 Å². The van der Waals surface area contributed by atoms with Crippen molar-refractivity contribution in [2.24, 2.45) is 0 Å². The molecule has 0 saturated heterocycles. The van der Waals surface area contributed by atoms with Crippen LogP contribution in [0.4, 0.5) is 0 Å². The van der Waals surface area contributed by atoms with Crippen molar-refractivity contribution in [1.82, 2.24) is 4.98 Å². The molecule has 1 N–H and O–H groups in total. The van der Waals surface area contributed by atoms with Crippen LogP contribution < -0.4 is 5.43 Å². The van der Waals surface area contributed by atoms with Gasteiger partial charge in [-0.2, -0.15) is 0 Å². The van der Waals surface area contributed by atoms with Gasteiger partial charge in [0.25, 0.3) is 0 Å². The summed E-state index contributed by atoms with van der Waals surface area (Å²) in [6, 6.07) is 3.13. The van der Waals surface area contributed by atoms with Crippen molar-refractivity contribution in [2.75, 3.05) is 0 Å². The van der Waals surface area contributed by atoms with Gasteiger partial charge in [-0.3, -0.25) is 4.79 Å². The van der Waals surface area contributed by atoms with E-state index in [0.29, 0.717) is 26.6 Å². The number of hydrogen-bond acceptors (Lipinski definition) is 1. The van der Waals surface area contributed by atoms with Crippen LogP contribution in [0, 0.1) is 6.92 Å². The van der Waals surface area contributed by atoms with E-state index in [1.807, 2.05) is 0 Å². The lowest BCUT2D eigenvalue weighted by Crippen LogP contribution is -2.06. The van der Waals surface area contributed by atoms with Gasteiger partial charge in [-0.05, 0) is 19.1 Å². The number of benzene rings is 1. The molecule has 0 aliphatic rings. The molecule has 15 heavy (non-hydrogen) atoms. The number of hydrogen-bond donors (Lipinski definition) is 1. The Kier molecular flexibility index (Phi) is 2.67. The zero-order valence-corrected chi connectivity index (χ0v) is 9.96. The molecular weight excluding hydrogens is 256 g/mol. The highest BCUT2D eigenvalue weighted by molar-refractivity contribution is 6.38. The van der Waals surface area contributed by atoms with Crippen LogP contribution >= 0.6 is 34.8 Å². The zero-order chi connectivity index (χ0) is 11.2. The van der Waals surface area contributed by atoms with Crippen molar-refractivity contribution in [1.29, 1.82) is 0 Å². The van der Waals surface area contributed by atoms with Crippen LogP contribution in [-0.4, -0.2) is 4.98 Å². The number of H-pyrrole nitrogens is 1. The highest BCUT2D eigenvalue weighted by Crippen LogP contribution is 2.26. The lowest BCUT2D eigenvalue weighted by molar-refractivity contribution is 1.24. The highest BCUT2D eigenvalue weighted by Gasteiger charge is 2.10. The Labute approximate surface area is 101 Å². The van der Waals surface area contributed by atoms with Crippen molar-refractivity contribution in [3.63, 3.8) is 0 Å². The predicted octanol–water partition coefficient (Wildman–Crippen LogP) is 3.80. The SMILES string of the molecule is Cc1[nH]c2c(Cl)cc(Cl)cc2c(=O)c1Cl. The van der Waals surface area contributed by atoms with Crippen LogP contribution in [0.2, 0.25) is 15.1 Å². The lowest BCUT2D eigenvalue weighted by atomic mass is 10.2. The van der Waals surface area contributed by atoms with E-state index in [1.54, 1.807) is 19.1 Å². The monoisotopic (exact) mass is 261 g/mol. The molecule has 0 aliphatic heterocycles. The van der Waals surface area contributed by atoms with Crippen molar-refractivity contribution >= 4 is 45.7 Å². The van der Waals surface area contributed by atoms with E-state index in [1.165, 1.54) is 0 Å². The van der Waals surface area contributed by atoms with Crippen LogP contribution in [0.3, 0.4) is 0 Å². The van der Waals surface area contributed by atoms with Gasteiger partial charge in [0.2, 0.25) is 5.43 Å². The van der Waals surface area contributed by atoms with Crippen LogP contribution in [0.1, 0.15) is 5.69 Å². The lowest BCUT2D eigenvalue weighted by Gasteiger charge is -2.04. The minimum absolute atomic E-state index is 0.167. The molecule has 1 aromatic carbocycles. The standard InChI is InChI=1S/C10H6Cl3NO/c1-4-8(13)10(15)6-2-5(11)3-7(12)9(6)14-4/h2-3H,1H3,(H,14,15). The maximum atomic E-state index is 11.8. The van der Waals surface area contributed by atoms with E-state index >= 15 is 0 Å². The number of aromatic nitrogens is 1. The first-order chi connectivity index (χ1) is 7.00. The molecule has 78 valence electrons. The molecule has 1 heterocycles. The minimum Gasteiger partial charge on any atom is -0.356 e. The van der Waals surface area contributed by atoms with Gasteiger partial charge in [0.05, 0.1) is 15.9 Å². The average Bonchev–Trinajstić information content (AvgIpc) is 2.17. The van der Waals surface area contributed by atoms with Crippen LogP contribution in [0.5, 0.6) is 0 Å². The Hall–Kier alpha value is -0.700. The summed E-state index contributed by atoms with van der Waals surface area (Å²) in [5.41, 5.74) is 0.902. The number of pyridine rings is 1. The van der Waals surface area contributed by atoms with Crippen molar-refractivity contribution in [3.8, 4) is 0 Å². The van der Waals surface area contributed by atoms with Gasteiger partial charge in [-0.15, -0.1) is 0 Å². The summed E-state index contributed by atoms with van der Waals surface area (Å²) in [5.74, 6) is 0. The van der Waals surface area contributed by atoms with Crippen molar-refractivity contribution in [3.05, 3.63) is 43.1 Å². The summed E-state index contributed by atoms with van der Waals surface area (Å²) in [6.45, 7) is 1.72.